The predicted octanol–water partition coefficient (Wildman–Crippen LogP) is 1.42. The second-order valence-electron chi connectivity index (χ2n) is 3.24. The fourth-order valence-electron chi connectivity index (χ4n) is 0.879. The van der Waals surface area contributed by atoms with Gasteiger partial charge in [0.15, 0.2) is 0 Å². The van der Waals surface area contributed by atoms with E-state index in [1.54, 1.807) is 6.92 Å². The Morgan fingerprint density at radius 1 is 1.50 bits per heavy atom. The molecule has 1 atom stereocenters. The Bertz CT molecular complexity index is 139. The highest BCUT2D eigenvalue weighted by Crippen LogP contribution is 2.06. The number of hydrogen-bond acceptors (Lipinski definition) is 2. The molecule has 0 aliphatic heterocycles. The van der Waals surface area contributed by atoms with Crippen LogP contribution in [0.15, 0.2) is 4.99 Å². The van der Waals surface area contributed by atoms with E-state index in [2.05, 4.69) is 18.8 Å². The van der Waals surface area contributed by atoms with Gasteiger partial charge in [0.05, 0.1) is 18.5 Å². The van der Waals surface area contributed by atoms with Gasteiger partial charge in [0, 0.05) is 6.61 Å². The van der Waals surface area contributed by atoms with Crippen LogP contribution in [0.2, 0.25) is 0 Å². The molecule has 0 aromatic rings. The van der Waals surface area contributed by atoms with Crippen LogP contribution in [-0.4, -0.2) is 25.1 Å². The Balaban J connectivity index is 3.96. The Morgan fingerprint density at radius 2 is 2.08 bits per heavy atom. The highest BCUT2D eigenvalue weighted by molar-refractivity contribution is 5.77. The molecule has 0 amide bonds. The number of nitrogens with zero attached hydrogens (tertiary/aromatic N) is 1. The average Bonchev–Trinajstić information content (AvgIpc) is 1.96. The van der Waals surface area contributed by atoms with Crippen LogP contribution in [0, 0.1) is 5.92 Å². The van der Waals surface area contributed by atoms with E-state index in [1.807, 2.05) is 6.92 Å². The topological polar surface area (TPSA) is 47.6 Å². The molecule has 0 spiro atoms. The SMILES string of the molecule is CCOCC(N=C(C)N)C(C)C. The maximum Gasteiger partial charge on any atom is 0.0910 e. The summed E-state index contributed by atoms with van der Waals surface area (Å²) in [5, 5.41) is 0. The van der Waals surface area contributed by atoms with E-state index in [4.69, 9.17) is 10.5 Å². The van der Waals surface area contributed by atoms with E-state index in [9.17, 15) is 0 Å². The third kappa shape index (κ3) is 5.13. The summed E-state index contributed by atoms with van der Waals surface area (Å²) in [6.45, 7) is 9.44. The minimum atomic E-state index is 0.204. The van der Waals surface area contributed by atoms with Crippen molar-refractivity contribution < 1.29 is 4.74 Å². The normalized spacial score (nSPS) is 15.2. The maximum absolute atomic E-state index is 5.50. The first-order valence-corrected chi connectivity index (χ1v) is 4.45. The van der Waals surface area contributed by atoms with E-state index in [1.165, 1.54) is 0 Å². The van der Waals surface area contributed by atoms with E-state index in [-0.39, 0.29) is 6.04 Å². The van der Waals surface area contributed by atoms with Gasteiger partial charge in [0.25, 0.3) is 0 Å². The number of ether oxygens (including phenoxy) is 1. The van der Waals surface area contributed by atoms with Crippen LogP contribution < -0.4 is 5.73 Å². The molecule has 1 unspecified atom stereocenters. The van der Waals surface area contributed by atoms with Crippen molar-refractivity contribution in [3.8, 4) is 0 Å². The van der Waals surface area contributed by atoms with Crippen molar-refractivity contribution in [2.75, 3.05) is 13.2 Å². The van der Waals surface area contributed by atoms with E-state index >= 15 is 0 Å². The molecule has 0 bridgehead atoms. The van der Waals surface area contributed by atoms with Crippen molar-refractivity contribution in [3.05, 3.63) is 0 Å². The fourth-order valence-corrected chi connectivity index (χ4v) is 0.879. The molecule has 12 heavy (non-hydrogen) atoms. The third-order valence-corrected chi connectivity index (χ3v) is 1.63. The quantitative estimate of drug-likeness (QED) is 0.503. The molecule has 0 saturated carbocycles. The largest absolute Gasteiger partial charge is 0.388 e. The van der Waals surface area contributed by atoms with Crippen molar-refractivity contribution in [2.45, 2.75) is 33.7 Å². The third-order valence-electron chi connectivity index (χ3n) is 1.63. The molecule has 0 aliphatic rings. The highest BCUT2D eigenvalue weighted by atomic mass is 16.5. The standard InChI is InChI=1S/C9H20N2O/c1-5-12-6-9(7(2)3)11-8(4)10/h7,9H,5-6H2,1-4H3,(H2,10,11). The lowest BCUT2D eigenvalue weighted by Crippen LogP contribution is -2.23. The van der Waals surface area contributed by atoms with E-state index in [0.717, 1.165) is 6.61 Å². The van der Waals surface area contributed by atoms with Crippen LogP contribution in [0.25, 0.3) is 0 Å². The number of nitrogens with two attached hydrogens (primary N) is 1. The fraction of sp³-hybridized carbons (Fsp3) is 0.889. The second-order valence-corrected chi connectivity index (χ2v) is 3.24. The minimum Gasteiger partial charge on any atom is -0.388 e. The second kappa shape index (κ2) is 6.00. The van der Waals surface area contributed by atoms with Crippen molar-refractivity contribution in [2.24, 2.45) is 16.6 Å². The zero-order valence-electron chi connectivity index (χ0n) is 8.50. The van der Waals surface area contributed by atoms with Crippen LogP contribution in [0.5, 0.6) is 0 Å². The molecule has 72 valence electrons. The molecule has 0 rings (SSSR count). The van der Waals surface area contributed by atoms with Gasteiger partial charge < -0.3 is 10.5 Å². The maximum atomic E-state index is 5.50. The molecule has 3 nitrogen and oxygen atoms in total. The van der Waals surface area contributed by atoms with Gasteiger partial charge in [0.1, 0.15) is 0 Å². The van der Waals surface area contributed by atoms with Crippen molar-refractivity contribution in [1.82, 2.24) is 0 Å². The zero-order valence-corrected chi connectivity index (χ0v) is 8.50. The number of rotatable bonds is 5. The molecule has 0 aromatic heterocycles. The molecule has 0 aliphatic carbocycles. The first-order valence-electron chi connectivity index (χ1n) is 4.45. The summed E-state index contributed by atoms with van der Waals surface area (Å²) in [6, 6.07) is 0.204. The van der Waals surface area contributed by atoms with Crippen LogP contribution in [-0.2, 0) is 4.74 Å². The molecule has 0 aromatic carbocycles. The van der Waals surface area contributed by atoms with Crippen LogP contribution in [0.3, 0.4) is 0 Å². The van der Waals surface area contributed by atoms with Gasteiger partial charge in [-0.25, -0.2) is 0 Å². The minimum absolute atomic E-state index is 0.204. The molecule has 2 N–H and O–H groups in total. The van der Waals surface area contributed by atoms with Gasteiger partial charge in [-0.05, 0) is 19.8 Å². The summed E-state index contributed by atoms with van der Waals surface area (Å²) in [7, 11) is 0. The molecule has 0 fully saturated rings. The van der Waals surface area contributed by atoms with Crippen LogP contribution in [0.1, 0.15) is 27.7 Å². The van der Waals surface area contributed by atoms with Crippen LogP contribution >= 0.6 is 0 Å². The van der Waals surface area contributed by atoms with Gasteiger partial charge in [-0.2, -0.15) is 0 Å². The molecule has 0 radical (unpaired) electrons. The lowest BCUT2D eigenvalue weighted by atomic mass is 10.1. The number of hydrogen-bond donors (Lipinski definition) is 1. The first-order chi connectivity index (χ1) is 5.57. The van der Waals surface area contributed by atoms with E-state index < -0.39 is 0 Å². The molecular formula is C9H20N2O. The smallest absolute Gasteiger partial charge is 0.0910 e. The lowest BCUT2D eigenvalue weighted by Gasteiger charge is -2.16. The highest BCUT2D eigenvalue weighted by Gasteiger charge is 2.11. The van der Waals surface area contributed by atoms with Gasteiger partial charge in [0.2, 0.25) is 0 Å². The summed E-state index contributed by atoms with van der Waals surface area (Å²) in [4.78, 5) is 4.28. The van der Waals surface area contributed by atoms with E-state index in [0.29, 0.717) is 18.4 Å². The Morgan fingerprint density at radius 3 is 2.42 bits per heavy atom. The summed E-state index contributed by atoms with van der Waals surface area (Å²) in [6.07, 6.45) is 0. The Labute approximate surface area is 75.0 Å². The Hall–Kier alpha value is -0.570. The zero-order chi connectivity index (χ0) is 9.56. The van der Waals surface area contributed by atoms with Gasteiger partial charge >= 0.3 is 0 Å². The predicted molar refractivity (Wildman–Crippen MR) is 52.4 cm³/mol. The summed E-state index contributed by atoms with van der Waals surface area (Å²) in [5.41, 5.74) is 5.50. The average molecular weight is 172 g/mol. The van der Waals surface area contributed by atoms with Gasteiger partial charge in [-0.3, -0.25) is 4.99 Å². The number of aliphatic imine (C=N–C) groups is 1. The number of amidine groups is 1. The van der Waals surface area contributed by atoms with Crippen molar-refractivity contribution in [3.63, 3.8) is 0 Å². The molecule has 0 saturated heterocycles. The van der Waals surface area contributed by atoms with Gasteiger partial charge in [-0.15, -0.1) is 0 Å². The summed E-state index contributed by atoms with van der Waals surface area (Å²) >= 11 is 0. The van der Waals surface area contributed by atoms with Crippen molar-refractivity contribution >= 4 is 5.84 Å². The van der Waals surface area contributed by atoms with Crippen LogP contribution in [0.4, 0.5) is 0 Å². The lowest BCUT2D eigenvalue weighted by molar-refractivity contribution is 0.122. The monoisotopic (exact) mass is 172 g/mol. The Kier molecular flexibility index (Phi) is 5.72. The molecular weight excluding hydrogens is 152 g/mol. The molecule has 0 heterocycles. The first kappa shape index (κ1) is 11.4. The summed E-state index contributed by atoms with van der Waals surface area (Å²) in [5.74, 6) is 1.11. The van der Waals surface area contributed by atoms with Crippen molar-refractivity contribution in [1.29, 1.82) is 0 Å². The summed E-state index contributed by atoms with van der Waals surface area (Å²) < 4.78 is 5.30. The van der Waals surface area contributed by atoms with Gasteiger partial charge in [-0.1, -0.05) is 13.8 Å². The molecule has 3 heteroatoms.